The highest BCUT2D eigenvalue weighted by molar-refractivity contribution is 5.60. The van der Waals surface area contributed by atoms with Crippen molar-refractivity contribution in [3.05, 3.63) is 304 Å². The van der Waals surface area contributed by atoms with Crippen molar-refractivity contribution in [2.75, 3.05) is 0 Å². The molecule has 3 atom stereocenters. The van der Waals surface area contributed by atoms with Crippen LogP contribution in [-0.4, -0.2) is 11.6 Å². The lowest BCUT2D eigenvalue weighted by atomic mass is 9.85. The van der Waals surface area contributed by atoms with Gasteiger partial charge in [0.15, 0.2) is 0 Å². The molecule has 0 amide bonds. The van der Waals surface area contributed by atoms with Gasteiger partial charge in [0.25, 0.3) is 0 Å². The zero-order chi connectivity index (χ0) is 55.7. The summed E-state index contributed by atoms with van der Waals surface area (Å²) in [5.41, 5.74) is 9.57. The van der Waals surface area contributed by atoms with Gasteiger partial charge in [-0.15, -0.1) is 0 Å². The first kappa shape index (κ1) is 52.7. The van der Waals surface area contributed by atoms with Gasteiger partial charge in [-0.2, -0.15) is 0 Å². The minimum Gasteiger partial charge on any atom is -0.489 e. The fourth-order valence-electron chi connectivity index (χ4n) is 11.2. The molecule has 0 unspecified atom stereocenters. The van der Waals surface area contributed by atoms with E-state index in [1.807, 2.05) is 200 Å². The van der Waals surface area contributed by atoms with Crippen LogP contribution >= 0.6 is 0 Å². The van der Waals surface area contributed by atoms with E-state index in [-0.39, 0.29) is 19.6 Å². The summed E-state index contributed by atoms with van der Waals surface area (Å²) < 4.78 is 70.0. The minimum absolute atomic E-state index is 0.155. The Balaban J connectivity index is 0.929. The van der Waals surface area contributed by atoms with Gasteiger partial charge in [0.05, 0.1) is 5.92 Å². The van der Waals surface area contributed by atoms with Crippen LogP contribution < -0.4 is 42.6 Å². The van der Waals surface area contributed by atoms with Gasteiger partial charge in [-0.05, 0) is 38.9 Å². The molecular formula is C73H62O10. The quantitative estimate of drug-likeness (QED) is 0.0617. The van der Waals surface area contributed by atoms with Crippen molar-refractivity contribution in [1.82, 2.24) is 0 Å². The van der Waals surface area contributed by atoms with E-state index in [4.69, 9.17) is 47.4 Å². The van der Waals surface area contributed by atoms with Gasteiger partial charge in [0.1, 0.15) is 98.0 Å². The molecule has 1 spiro atoms. The lowest BCUT2D eigenvalue weighted by Crippen LogP contribution is -2.44. The van der Waals surface area contributed by atoms with Crippen molar-refractivity contribution >= 4 is 0 Å². The monoisotopic (exact) mass is 1100 g/mol. The SMILES string of the molecule is c1ccc(COc2cc(OCc3ccccc3)c(C[C@@]34Oc5cc(OCc6ccccc6)cc(OCc6ccccc6)c5[C@@H]3C[C@@]3(Cc5c(OCc6ccccc6)cc(OCc6ccccc6)cc5O3)O4)c(OCc3ccccc3)c2)cc1. The molecule has 3 heterocycles. The van der Waals surface area contributed by atoms with Crippen molar-refractivity contribution in [2.45, 2.75) is 83.0 Å². The molecule has 10 heteroatoms. The molecule has 414 valence electrons. The molecule has 10 nitrogen and oxygen atoms in total. The maximum atomic E-state index is 7.76. The summed E-state index contributed by atoms with van der Waals surface area (Å²) in [5, 5.41) is 0. The zero-order valence-corrected chi connectivity index (χ0v) is 45.9. The fraction of sp³-hybridized carbons (Fsp3) is 0.178. The summed E-state index contributed by atoms with van der Waals surface area (Å²) in [7, 11) is 0. The lowest BCUT2D eigenvalue weighted by molar-refractivity contribution is -0.257. The Morgan fingerprint density at radius 3 is 1.07 bits per heavy atom. The fourth-order valence-corrected chi connectivity index (χ4v) is 11.2. The molecule has 0 radical (unpaired) electrons. The molecule has 10 aromatic carbocycles. The summed E-state index contributed by atoms with van der Waals surface area (Å²) >= 11 is 0. The Hall–Kier alpha value is -9.64. The standard InChI is InChI=1S/C73H62O10/c1-8-22-52(23-9-1)45-74-59-36-66(78-49-56-30-16-5-17-31-56)63(67(37-59)79-50-57-32-18-6-19-33-57)43-73-64(71-69(80-51-58-34-20-7-21-35-58)40-61(41-70(71)82-73)76-47-54-26-12-3-13-27-54)44-72(83-73)42-62-65(77-48-55-28-14-4-15-29-55)38-60(39-68(62)81-72)75-46-53-24-10-2-11-25-53/h1-41,64H,42-51H2/t64-,72+,73-/m0/s1. The predicted octanol–water partition coefficient (Wildman–Crippen LogP) is 15.9. The molecule has 1 fully saturated rings. The van der Waals surface area contributed by atoms with E-state index in [1.54, 1.807) is 0 Å². The van der Waals surface area contributed by atoms with E-state index < -0.39 is 17.5 Å². The molecule has 0 bridgehead atoms. The Bertz CT molecular complexity index is 3690. The number of hydrogen-bond donors (Lipinski definition) is 0. The first-order chi connectivity index (χ1) is 41.0. The number of fused-ring (bicyclic) bond motifs is 4. The number of hydrogen-bond acceptors (Lipinski definition) is 10. The molecule has 13 rings (SSSR count). The molecule has 3 aliphatic heterocycles. The molecule has 0 N–H and O–H groups in total. The largest absolute Gasteiger partial charge is 0.489 e. The molecule has 3 aliphatic rings. The van der Waals surface area contributed by atoms with Crippen LogP contribution in [0.1, 0.15) is 68.0 Å². The van der Waals surface area contributed by atoms with E-state index in [9.17, 15) is 0 Å². The van der Waals surface area contributed by atoms with E-state index in [1.165, 1.54) is 0 Å². The molecule has 83 heavy (non-hydrogen) atoms. The Labute approximate surface area is 484 Å². The maximum Gasteiger partial charge on any atom is 0.225 e. The smallest absolute Gasteiger partial charge is 0.225 e. The predicted molar refractivity (Wildman–Crippen MR) is 317 cm³/mol. The highest BCUT2D eigenvalue weighted by Crippen LogP contribution is 2.64. The average Bonchev–Trinajstić information content (AvgIpc) is 1.77. The van der Waals surface area contributed by atoms with Crippen molar-refractivity contribution < 1.29 is 47.4 Å². The van der Waals surface area contributed by atoms with Gasteiger partial charge in [0, 0.05) is 72.4 Å². The molecule has 0 saturated carbocycles. The summed E-state index contributed by atoms with van der Waals surface area (Å²) in [6.07, 6.45) is 0.877. The number of benzene rings is 10. The minimum atomic E-state index is -1.44. The zero-order valence-electron chi connectivity index (χ0n) is 45.9. The number of ether oxygens (including phenoxy) is 10. The highest BCUT2D eigenvalue weighted by atomic mass is 16.8. The second kappa shape index (κ2) is 24.2. The molecule has 10 aromatic rings. The average molecular weight is 1100 g/mol. The van der Waals surface area contributed by atoms with Gasteiger partial charge in [-0.25, -0.2) is 0 Å². The van der Waals surface area contributed by atoms with Crippen molar-refractivity contribution in [3.8, 4) is 51.7 Å². The third kappa shape index (κ3) is 12.3. The lowest BCUT2D eigenvalue weighted by Gasteiger charge is -2.32. The highest BCUT2D eigenvalue weighted by Gasteiger charge is 2.66. The topological polar surface area (TPSA) is 92.3 Å². The van der Waals surface area contributed by atoms with Crippen LogP contribution in [0.25, 0.3) is 0 Å². The maximum absolute atomic E-state index is 7.76. The van der Waals surface area contributed by atoms with Gasteiger partial charge in [0.2, 0.25) is 11.6 Å². The van der Waals surface area contributed by atoms with Crippen molar-refractivity contribution in [1.29, 1.82) is 0 Å². The first-order valence-corrected chi connectivity index (χ1v) is 28.2. The second-order valence-corrected chi connectivity index (χ2v) is 21.2. The Morgan fingerprint density at radius 2 is 0.663 bits per heavy atom. The third-order valence-electron chi connectivity index (χ3n) is 15.3. The van der Waals surface area contributed by atoms with Crippen LogP contribution in [0.5, 0.6) is 51.7 Å². The van der Waals surface area contributed by atoms with Gasteiger partial charge >= 0.3 is 0 Å². The van der Waals surface area contributed by atoms with E-state index in [0.717, 1.165) is 55.6 Å². The van der Waals surface area contributed by atoms with Crippen LogP contribution in [0.15, 0.2) is 249 Å². The number of rotatable bonds is 23. The van der Waals surface area contributed by atoms with Gasteiger partial charge in [-0.3, -0.25) is 4.74 Å². The Morgan fingerprint density at radius 1 is 0.337 bits per heavy atom. The van der Waals surface area contributed by atoms with E-state index in [2.05, 4.69) is 48.5 Å². The van der Waals surface area contributed by atoms with Crippen LogP contribution in [0.4, 0.5) is 0 Å². The van der Waals surface area contributed by atoms with Crippen LogP contribution in [-0.2, 0) is 63.8 Å². The van der Waals surface area contributed by atoms with E-state index >= 15 is 0 Å². The molecular weight excluding hydrogens is 1040 g/mol. The summed E-state index contributed by atoms with van der Waals surface area (Å²) in [5.74, 6) is 2.19. The van der Waals surface area contributed by atoms with Gasteiger partial charge < -0.3 is 42.6 Å². The third-order valence-corrected chi connectivity index (χ3v) is 15.3. The normalized spacial score (nSPS) is 17.1. The van der Waals surface area contributed by atoms with Crippen molar-refractivity contribution in [3.63, 3.8) is 0 Å². The summed E-state index contributed by atoms with van der Waals surface area (Å²) in [6.45, 7) is 2.22. The first-order valence-electron chi connectivity index (χ1n) is 28.2. The molecule has 1 saturated heterocycles. The Kier molecular flexibility index (Phi) is 15.4. The van der Waals surface area contributed by atoms with Crippen LogP contribution in [0.2, 0.25) is 0 Å². The summed E-state index contributed by atoms with van der Waals surface area (Å²) in [6, 6.07) is 82.7. The van der Waals surface area contributed by atoms with Gasteiger partial charge in [-0.1, -0.05) is 212 Å². The molecule has 0 aliphatic carbocycles. The second-order valence-electron chi connectivity index (χ2n) is 21.2. The molecule has 0 aromatic heterocycles. The van der Waals surface area contributed by atoms with Crippen molar-refractivity contribution in [2.24, 2.45) is 0 Å². The van der Waals surface area contributed by atoms with Crippen LogP contribution in [0.3, 0.4) is 0 Å². The summed E-state index contributed by atoms with van der Waals surface area (Å²) in [4.78, 5) is 0. The van der Waals surface area contributed by atoms with Crippen LogP contribution in [0, 0.1) is 0 Å². The van der Waals surface area contributed by atoms with E-state index in [0.29, 0.717) is 97.6 Å².